The highest BCUT2D eigenvalue weighted by atomic mass is 16.5. The van der Waals surface area contributed by atoms with Crippen molar-refractivity contribution in [3.8, 4) is 0 Å². The zero-order chi connectivity index (χ0) is 74.2. The summed E-state index contributed by atoms with van der Waals surface area (Å²) in [7, 11) is 0. The summed E-state index contributed by atoms with van der Waals surface area (Å²) in [5.41, 5.74) is 6.40. The molecule has 0 aromatic carbocycles. The Morgan fingerprint density at radius 2 is 0.946 bits per heavy atom. The van der Waals surface area contributed by atoms with Crippen LogP contribution in [0.25, 0.3) is 0 Å². The van der Waals surface area contributed by atoms with Crippen molar-refractivity contribution in [2.45, 2.75) is 391 Å². The molecule has 4 N–H and O–H groups in total. The molecule has 6 atom stereocenters. The maximum atomic E-state index is 9.97. The molecule has 0 heterocycles. The molecule has 0 radical (unpaired) electrons. The molecule has 1 saturated carbocycles. The van der Waals surface area contributed by atoms with E-state index < -0.39 is 0 Å². The minimum atomic E-state index is -0.106. The SMILES string of the molecule is C=CC(C)(C)CCCC(C)(C)C.C=CC(C)(C)CCCC(C)(C)C.CC.CC(C)(C)CCC(CO)C(C)(C)C.CC1(C)CC[C@@H](C(C)(C)C)CC1O.CC1=C(O)C[C@H](C(C)(C)C)CC1C.CCO/C=C/C(C)(C)CCCC(C)(C)C.C[C@@H]1CCC(C(C)(C)C)=C(O)C1.[3HH]. The summed E-state index contributed by atoms with van der Waals surface area (Å²) in [5, 5.41) is 38.7. The van der Waals surface area contributed by atoms with Gasteiger partial charge in [-0.1, -0.05) is 281 Å². The van der Waals surface area contributed by atoms with Crippen LogP contribution in [0.1, 0.15) is 387 Å². The third-order valence-electron chi connectivity index (χ3n) is 19.8. The van der Waals surface area contributed by atoms with E-state index in [0.717, 1.165) is 45.1 Å². The Morgan fingerprint density at radius 3 is 1.24 bits per heavy atom. The Labute approximate surface area is 582 Å². The molecule has 5 heteroatoms. The van der Waals surface area contributed by atoms with Gasteiger partial charge >= 0.3 is 0 Å². The van der Waals surface area contributed by atoms with Gasteiger partial charge in [0.25, 0.3) is 0 Å². The molecule has 0 amide bonds. The molecular weight excluding hydrogens is 1120 g/mol. The second-order valence-corrected chi connectivity index (χ2v) is 40.6. The van der Waals surface area contributed by atoms with Crippen LogP contribution < -0.4 is 0 Å². The van der Waals surface area contributed by atoms with Crippen molar-refractivity contribution in [3.63, 3.8) is 0 Å². The van der Waals surface area contributed by atoms with Crippen LogP contribution in [0, 0.1) is 94.6 Å². The number of aliphatic hydroxyl groups excluding tert-OH is 4. The highest BCUT2D eigenvalue weighted by molar-refractivity contribution is 5.18. The van der Waals surface area contributed by atoms with Gasteiger partial charge in [0.05, 0.1) is 30.5 Å². The molecule has 0 spiro atoms. The smallest absolute Gasteiger partial charge is 0.0922 e. The molecule has 0 saturated heterocycles. The van der Waals surface area contributed by atoms with E-state index in [1.165, 1.54) is 94.6 Å². The molecule has 3 unspecified atom stereocenters. The van der Waals surface area contributed by atoms with Gasteiger partial charge in [0.15, 0.2) is 0 Å². The van der Waals surface area contributed by atoms with Crippen molar-refractivity contribution in [3.05, 3.63) is 60.3 Å². The summed E-state index contributed by atoms with van der Waals surface area (Å²) in [4.78, 5) is 0. The monoisotopic (exact) mass is 1300 g/mol. The van der Waals surface area contributed by atoms with E-state index in [-0.39, 0.29) is 29.2 Å². The molecule has 3 aliphatic carbocycles. The lowest BCUT2D eigenvalue weighted by Crippen LogP contribution is -2.39. The predicted octanol–water partition coefficient (Wildman–Crippen LogP) is 29.1. The molecule has 0 bridgehead atoms. The van der Waals surface area contributed by atoms with E-state index in [9.17, 15) is 20.4 Å². The molecule has 1 fully saturated rings. The second-order valence-electron chi connectivity index (χ2n) is 40.6. The average molecular weight is 1300 g/mol. The maximum absolute atomic E-state index is 9.97. The first kappa shape index (κ1) is 98.7. The first-order chi connectivity index (χ1) is 40.9. The highest BCUT2D eigenvalue weighted by Gasteiger charge is 2.39. The van der Waals surface area contributed by atoms with E-state index in [4.69, 9.17) is 4.74 Å². The molecule has 5 nitrogen and oxygen atoms in total. The van der Waals surface area contributed by atoms with Crippen LogP contribution >= 0.6 is 0 Å². The van der Waals surface area contributed by atoms with Crippen molar-refractivity contribution in [1.29, 1.82) is 0 Å². The maximum Gasteiger partial charge on any atom is 0.0922 e. The minimum absolute atomic E-state index is 0. The van der Waals surface area contributed by atoms with Crippen LogP contribution in [0.15, 0.2) is 60.3 Å². The normalized spacial score (nSPS) is 20.6. The first-order valence-electron chi connectivity index (χ1n) is 37.6. The third kappa shape index (κ3) is 54.1. The molecule has 3 aliphatic rings. The average Bonchev–Trinajstić information content (AvgIpc) is 0.839. The number of rotatable bonds is 17. The van der Waals surface area contributed by atoms with Crippen molar-refractivity contribution in [1.82, 2.24) is 0 Å². The van der Waals surface area contributed by atoms with E-state index in [0.29, 0.717) is 91.0 Å². The lowest BCUT2D eigenvalue weighted by Gasteiger charge is -2.44. The number of aliphatic hydroxyl groups is 4. The van der Waals surface area contributed by atoms with Gasteiger partial charge in [-0.3, -0.25) is 0 Å². The standard InChI is InChI=1S/C14H28O.C12H22O.C12H24O.C12H26O.2C12H24.C11H20O.C2H6.H2/c1-7-15-12-11-14(5,6)10-8-9-13(2,3)4;1-8-6-10(12(3,4)5)7-11(13)9(8)2;1-11(2,3)9-6-7-12(4,5)10(13)8-9;1-11(2,3)8-7-10(9-13)12(4,5)6;2*1-7-12(5,6)10-8-9-11(2,3)4;1-8-5-6-9(10(12)7-8)11(2,3)4;1-2;/h11-12H,7-10H2,1-6H3;8,10,13H,6-7H2,1-5H3;9-10,13H,6-8H2,1-5H3;10,13H,7-9H2,1-6H3;2*7H,1,8-10H2,2-6H3;8,12H,5-7H2,1-4H3;1-2H3;1H/b12-11+;;;;;;;;/t;8?,10-;9-,10?;;;;8-;;/m.11...1../s1/i;;;;;;;;1+2. The van der Waals surface area contributed by atoms with Gasteiger partial charge in [-0.2, -0.15) is 0 Å². The fourth-order valence-corrected chi connectivity index (χ4v) is 11.4. The van der Waals surface area contributed by atoms with Gasteiger partial charge in [-0.05, 0) is 216 Å². The number of hydrogen-bond acceptors (Lipinski definition) is 5. The Bertz CT molecular complexity index is 1970. The molecule has 554 valence electrons. The van der Waals surface area contributed by atoms with Crippen molar-refractivity contribution in [2.24, 2.45) is 94.6 Å². The van der Waals surface area contributed by atoms with Gasteiger partial charge in [0.2, 0.25) is 0 Å². The van der Waals surface area contributed by atoms with Gasteiger partial charge < -0.3 is 25.2 Å². The number of ether oxygens (including phenoxy) is 1. The molecule has 92 heavy (non-hydrogen) atoms. The first-order valence-corrected chi connectivity index (χ1v) is 37.6. The second kappa shape index (κ2) is 43.4. The predicted molar refractivity (Wildman–Crippen MR) is 420 cm³/mol. The summed E-state index contributed by atoms with van der Waals surface area (Å²) < 4.78 is 5.24. The Kier molecular flexibility index (Phi) is 46.6. The van der Waals surface area contributed by atoms with Gasteiger partial charge in [0, 0.05) is 20.9 Å². The quantitative estimate of drug-likeness (QED) is 0.0861. The van der Waals surface area contributed by atoms with Crippen molar-refractivity contribution in [2.75, 3.05) is 13.2 Å². The summed E-state index contributed by atoms with van der Waals surface area (Å²) >= 11 is 0. The van der Waals surface area contributed by atoms with Gasteiger partial charge in [-0.15, -0.1) is 13.2 Å². The molecule has 0 aromatic rings. The van der Waals surface area contributed by atoms with Crippen LogP contribution in [0.5, 0.6) is 0 Å². The lowest BCUT2D eigenvalue weighted by atomic mass is 9.64. The third-order valence-corrected chi connectivity index (χ3v) is 19.8. The van der Waals surface area contributed by atoms with Gasteiger partial charge in [-0.25, -0.2) is 0 Å². The minimum Gasteiger partial charge on any atom is -0.512 e. The summed E-state index contributed by atoms with van der Waals surface area (Å²) in [6.07, 6.45) is 30.6. The summed E-state index contributed by atoms with van der Waals surface area (Å²) in [5.74, 6) is 4.27. The van der Waals surface area contributed by atoms with Crippen molar-refractivity contribution >= 4 is 0 Å². The Balaban J connectivity index is -0.000000236. The highest BCUT2D eigenvalue weighted by Crippen LogP contribution is 2.46. The van der Waals surface area contributed by atoms with E-state index in [1.807, 2.05) is 27.0 Å². The van der Waals surface area contributed by atoms with E-state index in [1.54, 1.807) is 0 Å². The number of hydrogen-bond donors (Lipinski definition) is 4. The van der Waals surface area contributed by atoms with Gasteiger partial charge in [0.1, 0.15) is 0 Å². The number of allylic oxidation sites excluding steroid dienone is 7. The molecule has 0 aliphatic heterocycles. The summed E-state index contributed by atoms with van der Waals surface area (Å²) in [6, 6.07) is 0. The molecule has 0 aromatic heterocycles. The van der Waals surface area contributed by atoms with Crippen LogP contribution in [0.2, 0.25) is 0 Å². The van der Waals surface area contributed by atoms with Crippen LogP contribution in [-0.2, 0) is 4.74 Å². The topological polar surface area (TPSA) is 90.2 Å². The van der Waals surface area contributed by atoms with Crippen LogP contribution in [0.3, 0.4) is 0 Å². The Hall–Kier alpha value is -1.98. The zero-order valence-corrected chi connectivity index (χ0v) is 70.2. The fourth-order valence-electron chi connectivity index (χ4n) is 11.4. The van der Waals surface area contributed by atoms with Crippen LogP contribution in [0.4, 0.5) is 0 Å². The fraction of sp³-hybridized carbons (Fsp3) is 0.885. The molecule has 3 rings (SSSR count). The van der Waals surface area contributed by atoms with Crippen molar-refractivity contribution < 1.29 is 26.6 Å². The van der Waals surface area contributed by atoms with E-state index >= 15 is 0 Å². The zero-order valence-electron chi connectivity index (χ0n) is 70.2. The molecular formula is C87H176O5. The Morgan fingerprint density at radius 1 is 0.554 bits per heavy atom. The largest absolute Gasteiger partial charge is 0.512 e. The lowest BCUT2D eigenvalue weighted by molar-refractivity contribution is -0.0315. The van der Waals surface area contributed by atoms with Crippen LogP contribution in [-0.4, -0.2) is 39.7 Å². The van der Waals surface area contributed by atoms with E-state index in [2.05, 4.69) is 274 Å². The summed E-state index contributed by atoms with van der Waals surface area (Å²) in [6.45, 7) is 93.4.